The Morgan fingerprint density at radius 2 is 1.79 bits per heavy atom. The summed E-state index contributed by atoms with van der Waals surface area (Å²) in [5.41, 5.74) is 9.55. The molecule has 0 radical (unpaired) electrons. The summed E-state index contributed by atoms with van der Waals surface area (Å²) in [6, 6.07) is 8.62. The van der Waals surface area contributed by atoms with Crippen molar-refractivity contribution < 1.29 is 4.74 Å². The number of anilines is 1. The molecule has 1 aliphatic rings. The van der Waals surface area contributed by atoms with Crippen LogP contribution in [0, 0.1) is 5.41 Å². The Balaban J connectivity index is 2.11. The van der Waals surface area contributed by atoms with Crippen LogP contribution < -0.4 is 10.6 Å². The molecule has 0 saturated carbocycles. The molecule has 0 atom stereocenters. The van der Waals surface area contributed by atoms with E-state index in [4.69, 9.17) is 15.9 Å². The molecule has 0 heterocycles. The van der Waals surface area contributed by atoms with Crippen LogP contribution >= 0.6 is 0 Å². The van der Waals surface area contributed by atoms with E-state index in [1.54, 1.807) is 12.2 Å². The number of aliphatic imine (C=N–C) groups is 1. The van der Waals surface area contributed by atoms with Crippen LogP contribution in [0.2, 0.25) is 0 Å². The summed E-state index contributed by atoms with van der Waals surface area (Å²) in [5.74, 6) is 0.540. The number of nitrogens with one attached hydrogen (secondary N) is 1. The molecule has 1 aromatic rings. The van der Waals surface area contributed by atoms with Crippen molar-refractivity contribution in [3.05, 3.63) is 47.9 Å². The molecule has 0 unspecified atom stereocenters. The second kappa shape index (κ2) is 10.7. The van der Waals surface area contributed by atoms with Gasteiger partial charge >= 0.3 is 0 Å². The second-order valence-corrected chi connectivity index (χ2v) is 7.32. The fourth-order valence-corrected chi connectivity index (χ4v) is 3.22. The van der Waals surface area contributed by atoms with Crippen LogP contribution in [0.4, 0.5) is 11.4 Å². The smallest absolute Gasteiger partial charge is 0.146 e. The highest BCUT2D eigenvalue weighted by molar-refractivity contribution is 6.22. The number of hydrogen-bond acceptors (Lipinski definition) is 5. The van der Waals surface area contributed by atoms with Crippen molar-refractivity contribution in [2.24, 2.45) is 10.7 Å². The molecule has 0 aromatic heterocycles. The van der Waals surface area contributed by atoms with Gasteiger partial charge in [0.15, 0.2) is 0 Å². The average molecular weight is 383 g/mol. The molecular weight excluding hydrogens is 348 g/mol. The molecule has 0 aliphatic heterocycles. The first-order valence-electron chi connectivity index (χ1n) is 10.3. The number of nitrogens with zero attached hydrogens (tertiary/aromatic N) is 2. The molecule has 0 saturated heterocycles. The first-order valence-corrected chi connectivity index (χ1v) is 10.3. The van der Waals surface area contributed by atoms with E-state index in [0.717, 1.165) is 25.1 Å². The van der Waals surface area contributed by atoms with E-state index < -0.39 is 0 Å². The van der Waals surface area contributed by atoms with Gasteiger partial charge in [0.25, 0.3) is 0 Å². The van der Waals surface area contributed by atoms with Crippen LogP contribution in [-0.2, 0) is 4.74 Å². The van der Waals surface area contributed by atoms with Gasteiger partial charge in [0.1, 0.15) is 5.76 Å². The highest BCUT2D eigenvalue weighted by Crippen LogP contribution is 2.23. The Morgan fingerprint density at radius 1 is 1.07 bits per heavy atom. The molecule has 5 nitrogen and oxygen atoms in total. The third-order valence-corrected chi connectivity index (χ3v) is 4.78. The van der Waals surface area contributed by atoms with Gasteiger partial charge in [-0.1, -0.05) is 26.2 Å². The Kier molecular flexibility index (Phi) is 8.30. The largest absolute Gasteiger partial charge is 0.491 e. The van der Waals surface area contributed by atoms with Crippen LogP contribution in [0.25, 0.3) is 0 Å². The highest BCUT2D eigenvalue weighted by atomic mass is 16.5. The molecule has 1 aromatic carbocycles. The lowest BCUT2D eigenvalue weighted by Gasteiger charge is -2.27. The second-order valence-electron chi connectivity index (χ2n) is 7.32. The van der Waals surface area contributed by atoms with Crippen molar-refractivity contribution in [1.82, 2.24) is 0 Å². The van der Waals surface area contributed by atoms with Crippen LogP contribution in [0.15, 0.2) is 52.9 Å². The van der Waals surface area contributed by atoms with Crippen LogP contribution in [0.5, 0.6) is 0 Å². The zero-order chi connectivity index (χ0) is 20.5. The van der Waals surface area contributed by atoms with E-state index in [1.807, 2.05) is 12.1 Å². The van der Waals surface area contributed by atoms with Gasteiger partial charge in [-0.3, -0.25) is 5.41 Å². The number of nitrogens with two attached hydrogens (primary N) is 1. The quantitative estimate of drug-likeness (QED) is 0.423. The normalized spacial score (nSPS) is 15.6. The molecule has 0 amide bonds. The van der Waals surface area contributed by atoms with E-state index in [9.17, 15) is 0 Å². The van der Waals surface area contributed by atoms with Gasteiger partial charge in [0.2, 0.25) is 0 Å². The highest BCUT2D eigenvalue weighted by Gasteiger charge is 2.16. The molecule has 3 N–H and O–H groups in total. The van der Waals surface area contributed by atoms with E-state index in [1.165, 1.54) is 18.5 Å². The molecule has 0 spiro atoms. The van der Waals surface area contributed by atoms with Crippen LogP contribution in [-0.4, -0.2) is 30.6 Å². The number of allylic oxidation sites excluding steroid dienone is 2. The number of unbranched alkanes of at least 4 members (excludes halogenated alkanes) is 3. The lowest BCUT2D eigenvalue weighted by atomic mass is 10.1. The van der Waals surface area contributed by atoms with E-state index in [-0.39, 0.29) is 0 Å². The summed E-state index contributed by atoms with van der Waals surface area (Å²) in [7, 11) is 0. The Hall–Kier alpha value is -2.56. The molecule has 0 fully saturated rings. The molecule has 28 heavy (non-hydrogen) atoms. The molecule has 152 valence electrons. The summed E-state index contributed by atoms with van der Waals surface area (Å²) in [4.78, 5) is 7.00. The topological polar surface area (TPSA) is 74.7 Å². The fraction of sp³-hybridized carbons (Fsp3) is 0.478. The lowest BCUT2D eigenvalue weighted by molar-refractivity contribution is 0.223. The Morgan fingerprint density at radius 3 is 2.39 bits per heavy atom. The molecule has 2 rings (SSSR count). The van der Waals surface area contributed by atoms with Crippen molar-refractivity contribution >= 4 is 22.8 Å². The SMILES string of the molecule is CCCCCCOC1=CC(=Nc2ccc(N(CC)C(C)C)cc2)C(N)=CC1=N. The predicted molar refractivity (Wildman–Crippen MR) is 120 cm³/mol. The Bertz CT molecular complexity index is 744. The van der Waals surface area contributed by atoms with E-state index in [0.29, 0.717) is 35.5 Å². The van der Waals surface area contributed by atoms with Crippen molar-refractivity contribution in [2.75, 3.05) is 18.1 Å². The number of ether oxygens (including phenoxy) is 1. The third kappa shape index (κ3) is 5.98. The predicted octanol–water partition coefficient (Wildman–Crippen LogP) is 5.35. The molecule has 0 bridgehead atoms. The number of hydrogen-bond donors (Lipinski definition) is 2. The monoisotopic (exact) mass is 382 g/mol. The van der Waals surface area contributed by atoms with Gasteiger partial charge in [0, 0.05) is 24.4 Å². The van der Waals surface area contributed by atoms with Crippen molar-refractivity contribution in [3.8, 4) is 0 Å². The maximum absolute atomic E-state index is 8.09. The van der Waals surface area contributed by atoms with E-state index in [2.05, 4.69) is 49.7 Å². The first kappa shape index (κ1) is 21.7. The van der Waals surface area contributed by atoms with Gasteiger partial charge in [-0.2, -0.15) is 0 Å². The minimum Gasteiger partial charge on any atom is -0.491 e. The van der Waals surface area contributed by atoms with Crippen LogP contribution in [0.1, 0.15) is 53.4 Å². The van der Waals surface area contributed by atoms with Gasteiger partial charge in [-0.05, 0) is 57.5 Å². The van der Waals surface area contributed by atoms with Crippen molar-refractivity contribution in [3.63, 3.8) is 0 Å². The fourth-order valence-electron chi connectivity index (χ4n) is 3.22. The van der Waals surface area contributed by atoms with Crippen molar-refractivity contribution in [2.45, 2.75) is 59.4 Å². The lowest BCUT2D eigenvalue weighted by Crippen LogP contribution is -2.30. The van der Waals surface area contributed by atoms with Crippen molar-refractivity contribution in [1.29, 1.82) is 5.41 Å². The first-order chi connectivity index (χ1) is 13.5. The number of benzene rings is 1. The maximum atomic E-state index is 8.09. The average Bonchev–Trinajstić information content (AvgIpc) is 2.66. The minimum absolute atomic E-state index is 0.304. The van der Waals surface area contributed by atoms with Gasteiger partial charge in [-0.15, -0.1) is 0 Å². The van der Waals surface area contributed by atoms with Crippen LogP contribution in [0.3, 0.4) is 0 Å². The van der Waals surface area contributed by atoms with Gasteiger partial charge in [0.05, 0.1) is 29.4 Å². The third-order valence-electron chi connectivity index (χ3n) is 4.78. The summed E-state index contributed by atoms with van der Waals surface area (Å²) >= 11 is 0. The standard InChI is InChI=1S/C23H34N4O/c1-5-7-8-9-14-28-23-16-22(20(24)15-21(23)25)26-18-10-12-19(13-11-18)27(6-2)17(3)4/h10-13,15-17,25H,5-9,14,24H2,1-4H3. The molecule has 5 heteroatoms. The summed E-state index contributed by atoms with van der Waals surface area (Å²) in [5, 5.41) is 8.09. The molecular formula is C23H34N4O. The summed E-state index contributed by atoms with van der Waals surface area (Å²) in [6.07, 6.45) is 7.94. The maximum Gasteiger partial charge on any atom is 0.146 e. The van der Waals surface area contributed by atoms with E-state index >= 15 is 0 Å². The zero-order valence-electron chi connectivity index (χ0n) is 17.7. The van der Waals surface area contributed by atoms with Gasteiger partial charge < -0.3 is 15.4 Å². The molecule has 1 aliphatic carbocycles. The minimum atomic E-state index is 0.304. The Labute approximate surface area is 169 Å². The summed E-state index contributed by atoms with van der Waals surface area (Å²) in [6.45, 7) is 10.3. The number of rotatable bonds is 10. The summed E-state index contributed by atoms with van der Waals surface area (Å²) < 4.78 is 5.80. The van der Waals surface area contributed by atoms with Gasteiger partial charge in [-0.25, -0.2) is 4.99 Å². The zero-order valence-corrected chi connectivity index (χ0v) is 17.7.